The van der Waals surface area contributed by atoms with Gasteiger partial charge in [-0.05, 0) is 44.4 Å². The van der Waals surface area contributed by atoms with Crippen LogP contribution >= 0.6 is 0 Å². The van der Waals surface area contributed by atoms with Crippen LogP contribution < -0.4 is 10.5 Å². The fourth-order valence-corrected chi connectivity index (χ4v) is 1.89. The standard InChI is InChI=1S/C15H19N3O/c1-9-5-6-10(2)14(11(9)3)19-15-17-8-13(7-16)12(4)18-15/h5-6,8H,7,16H2,1-4H3. The topological polar surface area (TPSA) is 61.0 Å². The molecular weight excluding hydrogens is 238 g/mol. The zero-order valence-electron chi connectivity index (χ0n) is 11.8. The van der Waals surface area contributed by atoms with Crippen molar-refractivity contribution in [2.24, 2.45) is 5.73 Å². The fourth-order valence-electron chi connectivity index (χ4n) is 1.89. The molecule has 1 heterocycles. The number of nitrogens with zero attached hydrogens (tertiary/aromatic N) is 2. The predicted molar refractivity (Wildman–Crippen MR) is 75.4 cm³/mol. The molecule has 0 spiro atoms. The van der Waals surface area contributed by atoms with Crippen LogP contribution in [0.4, 0.5) is 0 Å². The van der Waals surface area contributed by atoms with Gasteiger partial charge in [-0.1, -0.05) is 12.1 Å². The summed E-state index contributed by atoms with van der Waals surface area (Å²) in [6.07, 6.45) is 1.72. The van der Waals surface area contributed by atoms with Crippen molar-refractivity contribution in [3.63, 3.8) is 0 Å². The minimum Gasteiger partial charge on any atom is -0.424 e. The van der Waals surface area contributed by atoms with Crippen molar-refractivity contribution in [1.82, 2.24) is 9.97 Å². The third-order valence-corrected chi connectivity index (χ3v) is 3.35. The van der Waals surface area contributed by atoms with E-state index in [-0.39, 0.29) is 0 Å². The summed E-state index contributed by atoms with van der Waals surface area (Å²) in [6, 6.07) is 4.49. The largest absolute Gasteiger partial charge is 0.424 e. The van der Waals surface area contributed by atoms with E-state index in [1.165, 1.54) is 5.56 Å². The van der Waals surface area contributed by atoms with Gasteiger partial charge in [0.1, 0.15) is 5.75 Å². The molecule has 0 fully saturated rings. The summed E-state index contributed by atoms with van der Waals surface area (Å²) in [7, 11) is 0. The molecule has 19 heavy (non-hydrogen) atoms. The van der Waals surface area contributed by atoms with E-state index in [1.54, 1.807) is 6.20 Å². The first-order valence-corrected chi connectivity index (χ1v) is 6.30. The van der Waals surface area contributed by atoms with Crippen LogP contribution in [0.5, 0.6) is 11.8 Å². The Morgan fingerprint density at radius 2 is 1.79 bits per heavy atom. The fraction of sp³-hybridized carbons (Fsp3) is 0.333. The highest BCUT2D eigenvalue weighted by atomic mass is 16.5. The number of ether oxygens (including phenoxy) is 1. The van der Waals surface area contributed by atoms with Gasteiger partial charge in [0.2, 0.25) is 0 Å². The summed E-state index contributed by atoms with van der Waals surface area (Å²) in [5.41, 5.74) is 10.8. The Morgan fingerprint density at radius 3 is 2.42 bits per heavy atom. The van der Waals surface area contributed by atoms with Gasteiger partial charge in [-0.2, -0.15) is 4.98 Å². The Hall–Kier alpha value is -1.94. The highest BCUT2D eigenvalue weighted by molar-refractivity contribution is 5.45. The molecule has 0 aliphatic carbocycles. The third kappa shape index (κ3) is 2.74. The number of hydrogen-bond acceptors (Lipinski definition) is 4. The molecule has 1 aromatic heterocycles. The summed E-state index contributed by atoms with van der Waals surface area (Å²) in [6.45, 7) is 8.47. The number of rotatable bonds is 3. The average Bonchev–Trinajstić information content (AvgIpc) is 2.39. The third-order valence-electron chi connectivity index (χ3n) is 3.35. The molecule has 4 nitrogen and oxygen atoms in total. The first-order valence-electron chi connectivity index (χ1n) is 6.30. The normalized spacial score (nSPS) is 10.6. The molecule has 0 bridgehead atoms. The molecule has 0 saturated heterocycles. The van der Waals surface area contributed by atoms with Gasteiger partial charge >= 0.3 is 6.01 Å². The minimum atomic E-state index is 0.367. The van der Waals surface area contributed by atoms with Crippen molar-refractivity contribution in [3.05, 3.63) is 46.3 Å². The van der Waals surface area contributed by atoms with Crippen molar-refractivity contribution in [2.45, 2.75) is 34.2 Å². The Labute approximate surface area is 113 Å². The molecule has 4 heteroatoms. The lowest BCUT2D eigenvalue weighted by molar-refractivity contribution is 0.433. The molecular formula is C15H19N3O. The quantitative estimate of drug-likeness (QED) is 0.918. The van der Waals surface area contributed by atoms with Crippen LogP contribution in [0.1, 0.15) is 27.9 Å². The van der Waals surface area contributed by atoms with Gasteiger partial charge in [0.05, 0.1) is 0 Å². The van der Waals surface area contributed by atoms with Crippen LogP contribution in [0.25, 0.3) is 0 Å². The first kappa shape index (κ1) is 13.5. The highest BCUT2D eigenvalue weighted by Gasteiger charge is 2.10. The van der Waals surface area contributed by atoms with Gasteiger partial charge in [-0.15, -0.1) is 0 Å². The van der Waals surface area contributed by atoms with Crippen LogP contribution in [0.3, 0.4) is 0 Å². The Morgan fingerprint density at radius 1 is 1.11 bits per heavy atom. The van der Waals surface area contributed by atoms with Crippen molar-refractivity contribution in [1.29, 1.82) is 0 Å². The van der Waals surface area contributed by atoms with Crippen LogP contribution in [-0.4, -0.2) is 9.97 Å². The van der Waals surface area contributed by atoms with E-state index in [2.05, 4.69) is 23.0 Å². The van der Waals surface area contributed by atoms with Crippen molar-refractivity contribution < 1.29 is 4.74 Å². The lowest BCUT2D eigenvalue weighted by atomic mass is 10.1. The van der Waals surface area contributed by atoms with Crippen LogP contribution in [-0.2, 0) is 6.54 Å². The second kappa shape index (κ2) is 5.36. The number of hydrogen-bond donors (Lipinski definition) is 1. The van der Waals surface area contributed by atoms with Crippen molar-refractivity contribution in [2.75, 3.05) is 0 Å². The van der Waals surface area contributed by atoms with E-state index in [9.17, 15) is 0 Å². The molecule has 0 radical (unpaired) electrons. The van der Waals surface area contributed by atoms with Crippen molar-refractivity contribution >= 4 is 0 Å². The molecule has 1 aromatic carbocycles. The van der Waals surface area contributed by atoms with Gasteiger partial charge in [-0.3, -0.25) is 0 Å². The summed E-state index contributed by atoms with van der Waals surface area (Å²) >= 11 is 0. The summed E-state index contributed by atoms with van der Waals surface area (Å²) in [4.78, 5) is 8.54. The molecule has 0 aliphatic heterocycles. The summed E-state index contributed by atoms with van der Waals surface area (Å²) in [5, 5.41) is 0. The Bertz CT molecular complexity index is 609. The maximum atomic E-state index is 5.84. The minimum absolute atomic E-state index is 0.367. The van der Waals surface area contributed by atoms with Gasteiger partial charge in [0.15, 0.2) is 0 Å². The van der Waals surface area contributed by atoms with Crippen LogP contribution in [0.15, 0.2) is 18.3 Å². The Balaban J connectivity index is 2.36. The van der Waals surface area contributed by atoms with Crippen molar-refractivity contribution in [3.8, 4) is 11.8 Å². The van der Waals surface area contributed by atoms with E-state index in [0.717, 1.165) is 28.1 Å². The molecule has 2 rings (SSSR count). The van der Waals surface area contributed by atoms with Gasteiger partial charge in [-0.25, -0.2) is 4.98 Å². The molecule has 100 valence electrons. The molecule has 0 atom stereocenters. The monoisotopic (exact) mass is 257 g/mol. The molecule has 0 amide bonds. The molecule has 0 unspecified atom stereocenters. The molecule has 2 N–H and O–H groups in total. The van der Waals surface area contributed by atoms with E-state index in [1.807, 2.05) is 26.8 Å². The summed E-state index contributed by atoms with van der Waals surface area (Å²) in [5.74, 6) is 0.833. The number of benzene rings is 1. The lowest BCUT2D eigenvalue weighted by Gasteiger charge is -2.13. The summed E-state index contributed by atoms with van der Waals surface area (Å²) < 4.78 is 5.84. The zero-order chi connectivity index (χ0) is 14.0. The van der Waals surface area contributed by atoms with Gasteiger partial charge < -0.3 is 10.5 Å². The second-order valence-electron chi connectivity index (χ2n) is 4.72. The van der Waals surface area contributed by atoms with Gasteiger partial charge in [0, 0.05) is 24.0 Å². The lowest BCUT2D eigenvalue weighted by Crippen LogP contribution is -2.04. The van der Waals surface area contributed by atoms with Crippen LogP contribution in [0.2, 0.25) is 0 Å². The number of nitrogens with two attached hydrogens (primary N) is 1. The maximum absolute atomic E-state index is 5.84. The number of aromatic nitrogens is 2. The van der Waals surface area contributed by atoms with Crippen LogP contribution in [0, 0.1) is 27.7 Å². The second-order valence-corrected chi connectivity index (χ2v) is 4.72. The maximum Gasteiger partial charge on any atom is 0.322 e. The average molecular weight is 257 g/mol. The predicted octanol–water partition coefficient (Wildman–Crippen LogP) is 2.96. The van der Waals surface area contributed by atoms with E-state index >= 15 is 0 Å². The Kier molecular flexibility index (Phi) is 3.81. The smallest absolute Gasteiger partial charge is 0.322 e. The van der Waals surface area contributed by atoms with Gasteiger partial charge in [0.25, 0.3) is 0 Å². The van der Waals surface area contributed by atoms with E-state index < -0.39 is 0 Å². The zero-order valence-corrected chi connectivity index (χ0v) is 11.8. The first-order chi connectivity index (χ1) is 9.02. The number of aryl methyl sites for hydroxylation is 3. The molecule has 0 aliphatic rings. The van der Waals surface area contributed by atoms with E-state index in [0.29, 0.717) is 12.6 Å². The SMILES string of the molecule is Cc1ccc(C)c(Oc2ncc(CN)c(C)n2)c1C. The molecule has 0 saturated carbocycles. The van der Waals surface area contributed by atoms with E-state index in [4.69, 9.17) is 10.5 Å². The molecule has 2 aromatic rings. The highest BCUT2D eigenvalue weighted by Crippen LogP contribution is 2.29.